The van der Waals surface area contributed by atoms with Gasteiger partial charge in [-0.15, -0.1) is 0 Å². The molecule has 0 radical (unpaired) electrons. The number of rotatable bonds is 7. The van der Waals surface area contributed by atoms with Crippen LogP contribution in [0, 0.1) is 11.8 Å². The van der Waals surface area contributed by atoms with Crippen LogP contribution in [-0.2, 0) is 9.53 Å². The van der Waals surface area contributed by atoms with Crippen molar-refractivity contribution < 1.29 is 9.53 Å². The van der Waals surface area contributed by atoms with E-state index in [0.717, 1.165) is 25.4 Å². The Morgan fingerprint density at radius 1 is 1.33 bits per heavy atom. The second kappa shape index (κ2) is 8.52. The molecule has 1 aliphatic carbocycles. The molecule has 1 fully saturated rings. The lowest BCUT2D eigenvalue weighted by Gasteiger charge is -2.26. The fourth-order valence-electron chi connectivity index (χ4n) is 2.88. The lowest BCUT2D eigenvalue weighted by atomic mass is 9.87. The number of methoxy groups -OCH3 is 1. The van der Waals surface area contributed by atoms with Crippen LogP contribution in [0.1, 0.15) is 51.9 Å². The SMILES string of the molecule is CCC(CN(C)CCC1CCCCC1)C(=O)OC. The van der Waals surface area contributed by atoms with E-state index in [1.165, 1.54) is 45.6 Å². The van der Waals surface area contributed by atoms with Crippen LogP contribution in [0.2, 0.25) is 0 Å². The minimum Gasteiger partial charge on any atom is -0.469 e. The molecule has 1 saturated carbocycles. The summed E-state index contributed by atoms with van der Waals surface area (Å²) in [6.45, 7) is 3.99. The topological polar surface area (TPSA) is 29.5 Å². The van der Waals surface area contributed by atoms with Crippen LogP contribution in [0.5, 0.6) is 0 Å². The van der Waals surface area contributed by atoms with Crippen molar-refractivity contribution in [2.75, 3.05) is 27.2 Å². The average Bonchev–Trinajstić information content (AvgIpc) is 2.42. The van der Waals surface area contributed by atoms with Gasteiger partial charge >= 0.3 is 5.97 Å². The van der Waals surface area contributed by atoms with Crippen LogP contribution in [0.4, 0.5) is 0 Å². The van der Waals surface area contributed by atoms with Crippen molar-refractivity contribution in [1.29, 1.82) is 0 Å². The summed E-state index contributed by atoms with van der Waals surface area (Å²) >= 11 is 0. The van der Waals surface area contributed by atoms with Crippen LogP contribution in [0.25, 0.3) is 0 Å². The van der Waals surface area contributed by atoms with Crippen molar-refractivity contribution in [3.8, 4) is 0 Å². The third-order valence-electron chi connectivity index (χ3n) is 4.20. The number of carbonyl (C=O) groups excluding carboxylic acids is 1. The van der Waals surface area contributed by atoms with Gasteiger partial charge in [0, 0.05) is 6.54 Å². The Morgan fingerprint density at radius 2 is 2.00 bits per heavy atom. The molecule has 0 N–H and O–H groups in total. The average molecular weight is 255 g/mol. The molecule has 3 heteroatoms. The zero-order chi connectivity index (χ0) is 13.4. The number of esters is 1. The Hall–Kier alpha value is -0.570. The van der Waals surface area contributed by atoms with E-state index in [1.807, 2.05) is 0 Å². The van der Waals surface area contributed by atoms with Crippen LogP contribution in [-0.4, -0.2) is 38.1 Å². The third kappa shape index (κ3) is 5.38. The van der Waals surface area contributed by atoms with Gasteiger partial charge in [0.15, 0.2) is 0 Å². The Balaban J connectivity index is 2.22. The molecule has 0 bridgehead atoms. The molecule has 0 aromatic rings. The molecule has 106 valence electrons. The molecular formula is C15H29NO2. The van der Waals surface area contributed by atoms with Crippen molar-refractivity contribution in [3.63, 3.8) is 0 Å². The summed E-state index contributed by atoms with van der Waals surface area (Å²) in [6.07, 6.45) is 9.20. The standard InChI is InChI=1S/C15H29NO2/c1-4-14(15(17)18-3)12-16(2)11-10-13-8-6-5-7-9-13/h13-14H,4-12H2,1-3H3. The molecule has 0 aromatic heterocycles. The monoisotopic (exact) mass is 255 g/mol. The molecule has 0 amide bonds. The van der Waals surface area contributed by atoms with E-state index in [-0.39, 0.29) is 11.9 Å². The van der Waals surface area contributed by atoms with Crippen molar-refractivity contribution in [2.24, 2.45) is 11.8 Å². The highest BCUT2D eigenvalue weighted by molar-refractivity contribution is 5.72. The number of carbonyl (C=O) groups is 1. The first kappa shape index (κ1) is 15.5. The first-order valence-corrected chi connectivity index (χ1v) is 7.43. The maximum Gasteiger partial charge on any atom is 0.309 e. The summed E-state index contributed by atoms with van der Waals surface area (Å²) in [7, 11) is 3.60. The molecule has 1 rings (SSSR count). The van der Waals surface area contributed by atoms with Gasteiger partial charge in [-0.25, -0.2) is 0 Å². The predicted octanol–water partition coefficient (Wildman–Crippen LogP) is 3.09. The third-order valence-corrected chi connectivity index (χ3v) is 4.20. The van der Waals surface area contributed by atoms with Gasteiger partial charge in [0.25, 0.3) is 0 Å². The summed E-state index contributed by atoms with van der Waals surface area (Å²) in [5, 5.41) is 0. The maximum absolute atomic E-state index is 11.5. The summed E-state index contributed by atoms with van der Waals surface area (Å²) < 4.78 is 4.83. The fourth-order valence-corrected chi connectivity index (χ4v) is 2.88. The Morgan fingerprint density at radius 3 is 2.56 bits per heavy atom. The van der Waals surface area contributed by atoms with Gasteiger partial charge in [0.05, 0.1) is 13.0 Å². The van der Waals surface area contributed by atoms with E-state index >= 15 is 0 Å². The first-order chi connectivity index (χ1) is 8.67. The number of ether oxygens (including phenoxy) is 1. The summed E-state index contributed by atoms with van der Waals surface area (Å²) in [5.74, 6) is 0.882. The van der Waals surface area contributed by atoms with Gasteiger partial charge in [-0.3, -0.25) is 4.79 Å². The van der Waals surface area contributed by atoms with Gasteiger partial charge in [0.2, 0.25) is 0 Å². The molecule has 0 spiro atoms. The van der Waals surface area contributed by atoms with Gasteiger partial charge < -0.3 is 9.64 Å². The molecule has 1 aliphatic rings. The Kier molecular flexibility index (Phi) is 7.33. The molecule has 0 aliphatic heterocycles. The highest BCUT2D eigenvalue weighted by atomic mass is 16.5. The fraction of sp³-hybridized carbons (Fsp3) is 0.933. The minimum atomic E-state index is -0.0676. The molecule has 0 saturated heterocycles. The Bertz CT molecular complexity index is 237. The Labute approximate surface area is 112 Å². The second-order valence-corrected chi connectivity index (χ2v) is 5.68. The van der Waals surface area contributed by atoms with Crippen molar-refractivity contribution in [3.05, 3.63) is 0 Å². The lowest BCUT2D eigenvalue weighted by molar-refractivity contribution is -0.146. The smallest absolute Gasteiger partial charge is 0.309 e. The normalized spacial score (nSPS) is 18.9. The zero-order valence-corrected chi connectivity index (χ0v) is 12.3. The molecule has 1 atom stereocenters. The quantitative estimate of drug-likeness (QED) is 0.655. The summed E-state index contributed by atoms with van der Waals surface area (Å²) in [4.78, 5) is 13.8. The number of nitrogens with zero attached hydrogens (tertiary/aromatic N) is 1. The van der Waals surface area contributed by atoms with E-state index in [1.54, 1.807) is 0 Å². The number of hydrogen-bond donors (Lipinski definition) is 0. The molecular weight excluding hydrogens is 226 g/mol. The van der Waals surface area contributed by atoms with Crippen LogP contribution in [0.15, 0.2) is 0 Å². The van der Waals surface area contributed by atoms with E-state index in [9.17, 15) is 4.79 Å². The molecule has 1 unspecified atom stereocenters. The molecule has 3 nitrogen and oxygen atoms in total. The summed E-state index contributed by atoms with van der Waals surface area (Å²) in [5.41, 5.74) is 0. The van der Waals surface area contributed by atoms with Gasteiger partial charge in [0.1, 0.15) is 0 Å². The predicted molar refractivity (Wildman–Crippen MR) is 74.5 cm³/mol. The van der Waals surface area contributed by atoms with Crippen molar-refractivity contribution >= 4 is 5.97 Å². The zero-order valence-electron chi connectivity index (χ0n) is 12.3. The van der Waals surface area contributed by atoms with E-state index < -0.39 is 0 Å². The maximum atomic E-state index is 11.5. The molecule has 18 heavy (non-hydrogen) atoms. The van der Waals surface area contributed by atoms with Crippen molar-refractivity contribution in [2.45, 2.75) is 51.9 Å². The molecule has 0 aromatic carbocycles. The molecule has 0 heterocycles. The lowest BCUT2D eigenvalue weighted by Crippen LogP contribution is -2.32. The van der Waals surface area contributed by atoms with Crippen LogP contribution < -0.4 is 0 Å². The van der Waals surface area contributed by atoms with Crippen LogP contribution >= 0.6 is 0 Å². The highest BCUT2D eigenvalue weighted by Crippen LogP contribution is 2.26. The van der Waals surface area contributed by atoms with Crippen molar-refractivity contribution in [1.82, 2.24) is 4.90 Å². The second-order valence-electron chi connectivity index (χ2n) is 5.68. The van der Waals surface area contributed by atoms with Gasteiger partial charge in [-0.05, 0) is 32.4 Å². The number of hydrogen-bond acceptors (Lipinski definition) is 3. The van der Waals surface area contributed by atoms with E-state index in [0.29, 0.717) is 0 Å². The highest BCUT2D eigenvalue weighted by Gasteiger charge is 2.20. The van der Waals surface area contributed by atoms with Crippen LogP contribution in [0.3, 0.4) is 0 Å². The van der Waals surface area contributed by atoms with E-state index in [2.05, 4.69) is 18.9 Å². The van der Waals surface area contributed by atoms with Gasteiger partial charge in [-0.2, -0.15) is 0 Å². The summed E-state index contributed by atoms with van der Waals surface area (Å²) in [6, 6.07) is 0. The minimum absolute atomic E-state index is 0.0337. The van der Waals surface area contributed by atoms with Gasteiger partial charge in [-0.1, -0.05) is 39.0 Å². The largest absolute Gasteiger partial charge is 0.469 e. The van der Waals surface area contributed by atoms with E-state index in [4.69, 9.17) is 4.74 Å². The first-order valence-electron chi connectivity index (χ1n) is 7.43.